The normalized spacial score (nSPS) is 13.8. The number of carboxylic acids is 2. The van der Waals surface area contributed by atoms with Gasteiger partial charge in [0.15, 0.2) is 5.96 Å². The summed E-state index contributed by atoms with van der Waals surface area (Å²) in [5.41, 5.74) is 21.3. The first-order valence-electron chi connectivity index (χ1n) is 10.7. The predicted octanol–water partition coefficient (Wildman–Crippen LogP) is -3.99. The number of carboxylic acid groups (broad SMARTS) is 2. The van der Waals surface area contributed by atoms with Crippen LogP contribution in [0.15, 0.2) is 4.99 Å². The Balaban J connectivity index is 5.46. The molecule has 13 N–H and O–H groups in total. The number of aliphatic imine (C=N–C) groups is 1. The summed E-state index contributed by atoms with van der Waals surface area (Å²) in [6, 6.07) is -5.70. The number of nitrogens with zero attached hydrogens (tertiary/aromatic N) is 1. The highest BCUT2D eigenvalue weighted by Crippen LogP contribution is 2.04. The van der Waals surface area contributed by atoms with Crippen LogP contribution in [0.3, 0.4) is 0 Å². The number of carbonyl (C=O) groups is 6. The number of guanidine groups is 1. The van der Waals surface area contributed by atoms with Crippen molar-refractivity contribution in [2.75, 3.05) is 18.6 Å². The molecular weight excluding hydrogens is 500 g/mol. The second kappa shape index (κ2) is 16.9. The summed E-state index contributed by atoms with van der Waals surface area (Å²) in [6.45, 7) is 0.0963. The Morgan fingerprint density at radius 3 is 1.83 bits per heavy atom. The molecule has 0 aliphatic heterocycles. The van der Waals surface area contributed by atoms with Crippen molar-refractivity contribution in [2.45, 2.75) is 56.3 Å². The topological polar surface area (TPSA) is 295 Å². The molecule has 0 bridgehead atoms. The van der Waals surface area contributed by atoms with E-state index < -0.39 is 72.6 Å². The average molecular weight is 535 g/mol. The zero-order valence-electron chi connectivity index (χ0n) is 19.8. The van der Waals surface area contributed by atoms with E-state index in [0.717, 1.165) is 0 Å². The van der Waals surface area contributed by atoms with Crippen LogP contribution in [0.5, 0.6) is 0 Å². The van der Waals surface area contributed by atoms with Gasteiger partial charge in [0, 0.05) is 6.54 Å². The number of hydrogen-bond donors (Lipinski definition) is 9. The number of nitrogens with two attached hydrogens (primary N) is 4. The summed E-state index contributed by atoms with van der Waals surface area (Å²) in [7, 11) is 0. The lowest BCUT2D eigenvalue weighted by Crippen LogP contribution is -2.58. The highest BCUT2D eigenvalue weighted by molar-refractivity contribution is 7.98. The largest absolute Gasteiger partial charge is 0.481 e. The fourth-order valence-corrected chi connectivity index (χ4v) is 3.24. The van der Waals surface area contributed by atoms with Gasteiger partial charge in [-0.25, -0.2) is 4.79 Å². The summed E-state index contributed by atoms with van der Waals surface area (Å²) in [4.78, 5) is 75.5. The summed E-state index contributed by atoms with van der Waals surface area (Å²) >= 11 is 1.43. The second-order valence-corrected chi connectivity index (χ2v) is 8.61. The van der Waals surface area contributed by atoms with Crippen LogP contribution < -0.4 is 38.9 Å². The van der Waals surface area contributed by atoms with E-state index in [0.29, 0.717) is 5.75 Å². The molecule has 0 aromatic heterocycles. The van der Waals surface area contributed by atoms with Crippen LogP contribution in [0.4, 0.5) is 0 Å². The van der Waals surface area contributed by atoms with Crippen molar-refractivity contribution in [3.8, 4) is 0 Å². The van der Waals surface area contributed by atoms with Gasteiger partial charge >= 0.3 is 11.9 Å². The first kappa shape index (κ1) is 32.4. The van der Waals surface area contributed by atoms with E-state index in [1.54, 1.807) is 6.26 Å². The van der Waals surface area contributed by atoms with E-state index in [4.69, 9.17) is 28.0 Å². The molecule has 0 heterocycles. The molecule has 0 aliphatic rings. The van der Waals surface area contributed by atoms with Gasteiger partial charge in [0.2, 0.25) is 23.6 Å². The van der Waals surface area contributed by atoms with Gasteiger partial charge < -0.3 is 49.1 Å². The van der Waals surface area contributed by atoms with Crippen LogP contribution >= 0.6 is 11.8 Å². The molecule has 16 nitrogen and oxygen atoms in total. The van der Waals surface area contributed by atoms with Gasteiger partial charge in [-0.05, 0) is 31.3 Å². The number of rotatable bonds is 18. The molecule has 0 aliphatic carbocycles. The Morgan fingerprint density at radius 2 is 1.36 bits per heavy atom. The third kappa shape index (κ3) is 14.0. The third-order valence-corrected chi connectivity index (χ3v) is 5.22. The Morgan fingerprint density at radius 1 is 0.833 bits per heavy atom. The standard InChI is InChI=1S/C19H34N8O8S/c1-36-6-4-9(20)15(31)26-12(8-14(29)30)17(33)27-11(7-13(21)28)16(32)25-10(18(34)35)3-2-5-24-19(22)23/h9-12H,2-8,20H2,1H3,(H2,21,28)(H,25,32)(H,26,31)(H,27,33)(H,29,30)(H,34,35)(H4,22,23,24). The van der Waals surface area contributed by atoms with Crippen LogP contribution in [-0.4, -0.2) is 94.5 Å². The van der Waals surface area contributed by atoms with Crippen molar-refractivity contribution in [1.29, 1.82) is 0 Å². The molecule has 4 atom stereocenters. The molecule has 0 fully saturated rings. The van der Waals surface area contributed by atoms with E-state index in [-0.39, 0.29) is 31.8 Å². The molecule has 0 rings (SSSR count). The molecule has 0 aromatic carbocycles. The van der Waals surface area contributed by atoms with Gasteiger partial charge in [-0.3, -0.25) is 29.0 Å². The van der Waals surface area contributed by atoms with Crippen molar-refractivity contribution in [1.82, 2.24) is 16.0 Å². The lowest BCUT2D eigenvalue weighted by Gasteiger charge is -2.24. The minimum Gasteiger partial charge on any atom is -0.481 e. The Labute approximate surface area is 211 Å². The number of hydrogen-bond acceptors (Lipinski definition) is 9. The minimum atomic E-state index is -1.65. The highest BCUT2D eigenvalue weighted by atomic mass is 32.2. The van der Waals surface area contributed by atoms with Crippen LogP contribution in [-0.2, 0) is 28.8 Å². The molecular formula is C19H34N8O8S. The number of amides is 4. The van der Waals surface area contributed by atoms with Crippen LogP contribution in [0.25, 0.3) is 0 Å². The molecule has 0 saturated carbocycles. The quantitative estimate of drug-likeness (QED) is 0.0462. The van der Waals surface area contributed by atoms with Gasteiger partial charge in [0.25, 0.3) is 0 Å². The summed E-state index contributed by atoms with van der Waals surface area (Å²) < 4.78 is 0. The number of thioether (sulfide) groups is 1. The van der Waals surface area contributed by atoms with Crippen molar-refractivity contribution >= 4 is 53.3 Å². The lowest BCUT2D eigenvalue weighted by atomic mass is 10.1. The number of carbonyl (C=O) groups excluding carboxylic acids is 4. The Bertz CT molecular complexity index is 836. The molecule has 36 heavy (non-hydrogen) atoms. The van der Waals surface area contributed by atoms with Gasteiger partial charge in [-0.2, -0.15) is 11.8 Å². The SMILES string of the molecule is CSCCC(N)C(=O)NC(CC(=O)O)C(=O)NC(CC(N)=O)C(=O)NC(CCCN=C(N)N)C(=O)O. The number of aliphatic carboxylic acids is 2. The van der Waals surface area contributed by atoms with Crippen LogP contribution in [0.1, 0.15) is 32.1 Å². The molecule has 4 unspecified atom stereocenters. The highest BCUT2D eigenvalue weighted by Gasteiger charge is 2.32. The van der Waals surface area contributed by atoms with Gasteiger partial charge in [-0.15, -0.1) is 0 Å². The van der Waals surface area contributed by atoms with Crippen molar-refractivity contribution < 1.29 is 39.0 Å². The molecule has 0 saturated heterocycles. The molecule has 17 heteroatoms. The average Bonchev–Trinajstić information content (AvgIpc) is 2.77. The van der Waals surface area contributed by atoms with Crippen LogP contribution in [0, 0.1) is 0 Å². The maximum absolute atomic E-state index is 12.7. The maximum atomic E-state index is 12.7. The Kier molecular flexibility index (Phi) is 15.2. The summed E-state index contributed by atoms with van der Waals surface area (Å²) in [5, 5.41) is 25.0. The van der Waals surface area contributed by atoms with E-state index in [9.17, 15) is 33.9 Å². The third-order valence-electron chi connectivity index (χ3n) is 4.58. The maximum Gasteiger partial charge on any atom is 0.326 e. The van der Waals surface area contributed by atoms with Gasteiger partial charge in [-0.1, -0.05) is 0 Å². The van der Waals surface area contributed by atoms with E-state index in [1.807, 2.05) is 0 Å². The monoisotopic (exact) mass is 534 g/mol. The number of primary amides is 1. The zero-order valence-corrected chi connectivity index (χ0v) is 20.6. The predicted molar refractivity (Wildman–Crippen MR) is 130 cm³/mol. The van der Waals surface area contributed by atoms with Gasteiger partial charge in [0.1, 0.15) is 18.1 Å². The molecule has 204 valence electrons. The molecule has 0 aromatic rings. The summed E-state index contributed by atoms with van der Waals surface area (Å²) in [6.07, 6.45) is 0.598. The lowest BCUT2D eigenvalue weighted by molar-refractivity contribution is -0.143. The smallest absolute Gasteiger partial charge is 0.326 e. The Hall–Kier alpha value is -3.60. The minimum absolute atomic E-state index is 0.0826. The number of nitrogens with one attached hydrogen (secondary N) is 3. The van der Waals surface area contributed by atoms with E-state index in [1.165, 1.54) is 11.8 Å². The first-order valence-corrected chi connectivity index (χ1v) is 12.1. The van der Waals surface area contributed by atoms with Gasteiger partial charge in [0.05, 0.1) is 18.9 Å². The molecule has 0 spiro atoms. The second-order valence-electron chi connectivity index (χ2n) is 7.63. The van der Waals surface area contributed by atoms with E-state index in [2.05, 4.69) is 20.9 Å². The zero-order chi connectivity index (χ0) is 27.8. The van der Waals surface area contributed by atoms with Crippen molar-refractivity contribution in [3.63, 3.8) is 0 Å². The molecule has 4 amide bonds. The first-order chi connectivity index (χ1) is 16.8. The van der Waals surface area contributed by atoms with E-state index >= 15 is 0 Å². The summed E-state index contributed by atoms with van der Waals surface area (Å²) in [5.74, 6) is -6.44. The fraction of sp³-hybridized carbons (Fsp3) is 0.632. The van der Waals surface area contributed by atoms with Crippen molar-refractivity contribution in [2.24, 2.45) is 27.9 Å². The molecule has 0 radical (unpaired) electrons. The fourth-order valence-electron chi connectivity index (χ4n) is 2.75. The van der Waals surface area contributed by atoms with Crippen molar-refractivity contribution in [3.05, 3.63) is 0 Å². The van der Waals surface area contributed by atoms with Crippen LogP contribution in [0.2, 0.25) is 0 Å².